The number of nitro benzene ring substituents is 1. The molecule has 2 heterocycles. The molecule has 0 atom stereocenters. The van der Waals surface area contributed by atoms with E-state index in [1.807, 2.05) is 19.1 Å². The Kier molecular flexibility index (Phi) is 6.60. The Morgan fingerprint density at radius 3 is 2.56 bits per heavy atom. The van der Waals surface area contributed by atoms with Crippen LogP contribution >= 0.6 is 11.8 Å². The van der Waals surface area contributed by atoms with Crippen LogP contribution in [0.4, 0.5) is 16.2 Å². The average molecular weight is 477 g/mol. The second kappa shape index (κ2) is 9.75. The standard InChI is InChI=1S/C24H20N4O5S/c1-16-8-10-18(11-9-16)25-22(29)15-27-23(30)21(34-24(27)31)13-19-6-4-12-26(19)14-17-5-2-3-7-20(17)28(32)33/h2-13H,14-15H2,1H3,(H,25,29)/b21-13+. The van der Waals surface area contributed by atoms with Gasteiger partial charge in [0, 0.05) is 29.2 Å². The van der Waals surface area contributed by atoms with E-state index in [4.69, 9.17) is 0 Å². The summed E-state index contributed by atoms with van der Waals surface area (Å²) in [7, 11) is 0. The van der Waals surface area contributed by atoms with E-state index in [9.17, 15) is 24.5 Å². The van der Waals surface area contributed by atoms with E-state index in [0.29, 0.717) is 16.9 Å². The summed E-state index contributed by atoms with van der Waals surface area (Å²) in [6.45, 7) is 1.75. The van der Waals surface area contributed by atoms with Crippen LogP contribution in [0.1, 0.15) is 16.8 Å². The number of benzene rings is 2. The Morgan fingerprint density at radius 2 is 1.82 bits per heavy atom. The molecular weight excluding hydrogens is 456 g/mol. The number of aromatic nitrogens is 1. The number of anilines is 1. The van der Waals surface area contributed by atoms with Crippen LogP contribution in [0.2, 0.25) is 0 Å². The zero-order valence-electron chi connectivity index (χ0n) is 18.1. The number of thioether (sulfide) groups is 1. The number of hydrogen-bond donors (Lipinski definition) is 1. The first kappa shape index (κ1) is 23.0. The Labute approximate surface area is 199 Å². The van der Waals surface area contributed by atoms with Crippen LogP contribution in [-0.4, -0.2) is 38.0 Å². The lowest BCUT2D eigenvalue weighted by molar-refractivity contribution is -0.385. The first-order valence-corrected chi connectivity index (χ1v) is 11.1. The van der Waals surface area contributed by atoms with Gasteiger partial charge in [0.25, 0.3) is 16.8 Å². The summed E-state index contributed by atoms with van der Waals surface area (Å²) in [5.74, 6) is -1.04. The number of carbonyl (C=O) groups is 3. The Bertz CT molecular complexity index is 1310. The van der Waals surface area contributed by atoms with Crippen molar-refractivity contribution in [3.63, 3.8) is 0 Å². The van der Waals surface area contributed by atoms with Crippen molar-refractivity contribution in [2.45, 2.75) is 13.5 Å². The third kappa shape index (κ3) is 5.07. The van der Waals surface area contributed by atoms with E-state index in [1.54, 1.807) is 59.3 Å². The molecule has 172 valence electrons. The normalized spacial score (nSPS) is 14.6. The van der Waals surface area contributed by atoms with Crippen LogP contribution in [0.3, 0.4) is 0 Å². The summed E-state index contributed by atoms with van der Waals surface area (Å²) in [5.41, 5.74) is 2.74. The molecule has 0 aliphatic carbocycles. The van der Waals surface area contributed by atoms with Gasteiger partial charge in [0.2, 0.25) is 5.91 Å². The summed E-state index contributed by atoms with van der Waals surface area (Å²) >= 11 is 0.750. The molecule has 3 aromatic rings. The van der Waals surface area contributed by atoms with Gasteiger partial charge in [0.1, 0.15) is 6.54 Å². The van der Waals surface area contributed by atoms with Crippen LogP contribution in [0.15, 0.2) is 71.8 Å². The second-order valence-electron chi connectivity index (χ2n) is 7.63. The zero-order valence-corrected chi connectivity index (χ0v) is 19.0. The molecule has 10 heteroatoms. The smallest absolute Gasteiger partial charge is 0.294 e. The Balaban J connectivity index is 1.48. The van der Waals surface area contributed by atoms with Crippen LogP contribution < -0.4 is 5.32 Å². The monoisotopic (exact) mass is 476 g/mol. The van der Waals surface area contributed by atoms with Gasteiger partial charge in [-0.3, -0.25) is 29.4 Å². The average Bonchev–Trinajstić information content (AvgIpc) is 3.34. The number of carbonyl (C=O) groups excluding carboxylic acids is 3. The maximum atomic E-state index is 12.8. The topological polar surface area (TPSA) is 115 Å². The fraction of sp³-hybridized carbons (Fsp3) is 0.125. The van der Waals surface area contributed by atoms with Gasteiger partial charge in [-0.15, -0.1) is 0 Å². The van der Waals surface area contributed by atoms with Crippen LogP contribution in [0.5, 0.6) is 0 Å². The summed E-state index contributed by atoms with van der Waals surface area (Å²) in [5, 5.41) is 13.4. The molecule has 0 saturated carbocycles. The predicted octanol–water partition coefficient (Wildman–Crippen LogP) is 4.43. The molecule has 1 aliphatic heterocycles. The molecule has 2 aromatic carbocycles. The maximum Gasteiger partial charge on any atom is 0.294 e. The molecule has 1 fully saturated rings. The van der Waals surface area contributed by atoms with Gasteiger partial charge in [-0.25, -0.2) is 0 Å². The SMILES string of the molecule is Cc1ccc(NC(=O)CN2C(=O)S/C(=C/c3cccn3Cc3ccccc3[N+](=O)[O-])C2=O)cc1. The van der Waals surface area contributed by atoms with E-state index >= 15 is 0 Å². The first-order valence-electron chi connectivity index (χ1n) is 10.3. The van der Waals surface area contributed by atoms with Crippen molar-refractivity contribution in [1.29, 1.82) is 0 Å². The summed E-state index contributed by atoms with van der Waals surface area (Å²) < 4.78 is 1.75. The van der Waals surface area contributed by atoms with Crippen LogP contribution in [0, 0.1) is 17.0 Å². The number of nitrogens with zero attached hydrogens (tertiary/aromatic N) is 3. The lowest BCUT2D eigenvalue weighted by Gasteiger charge is -2.12. The van der Waals surface area contributed by atoms with Crippen molar-refractivity contribution in [2.24, 2.45) is 0 Å². The summed E-state index contributed by atoms with van der Waals surface area (Å²) in [4.78, 5) is 49.6. The minimum Gasteiger partial charge on any atom is -0.343 e. The van der Waals surface area contributed by atoms with Crippen LogP contribution in [-0.2, 0) is 16.1 Å². The minimum absolute atomic E-state index is 0.00191. The minimum atomic E-state index is -0.563. The number of hydrogen-bond acceptors (Lipinski definition) is 6. The van der Waals surface area contributed by atoms with Gasteiger partial charge in [-0.1, -0.05) is 35.9 Å². The number of rotatable bonds is 7. The molecule has 1 saturated heterocycles. The number of nitro groups is 1. The van der Waals surface area contributed by atoms with E-state index in [0.717, 1.165) is 22.2 Å². The quantitative estimate of drug-likeness (QED) is 0.307. The number of aryl methyl sites for hydroxylation is 1. The molecule has 0 bridgehead atoms. The van der Waals surface area contributed by atoms with Gasteiger partial charge >= 0.3 is 0 Å². The van der Waals surface area contributed by atoms with Gasteiger partial charge in [-0.05, 0) is 49.0 Å². The largest absolute Gasteiger partial charge is 0.343 e. The molecule has 4 rings (SSSR count). The van der Waals surface area contributed by atoms with Crippen LogP contribution in [0.25, 0.3) is 6.08 Å². The van der Waals surface area contributed by atoms with Gasteiger partial charge < -0.3 is 9.88 Å². The van der Waals surface area contributed by atoms with Gasteiger partial charge in [-0.2, -0.15) is 0 Å². The van der Waals surface area contributed by atoms with Crippen molar-refractivity contribution in [3.8, 4) is 0 Å². The van der Waals surface area contributed by atoms with Crippen molar-refractivity contribution in [1.82, 2.24) is 9.47 Å². The zero-order chi connectivity index (χ0) is 24.2. The van der Waals surface area contributed by atoms with E-state index in [1.165, 1.54) is 6.07 Å². The third-order valence-electron chi connectivity index (χ3n) is 5.18. The molecule has 3 amide bonds. The van der Waals surface area contributed by atoms with Crippen molar-refractivity contribution in [3.05, 3.63) is 98.7 Å². The molecule has 0 unspecified atom stereocenters. The number of amides is 3. The van der Waals surface area contributed by atoms with E-state index in [-0.39, 0.29) is 17.1 Å². The molecule has 1 N–H and O–H groups in total. The van der Waals surface area contributed by atoms with Crippen molar-refractivity contribution >= 4 is 46.3 Å². The summed E-state index contributed by atoms with van der Waals surface area (Å²) in [6.07, 6.45) is 3.29. The molecule has 1 aromatic heterocycles. The number of imide groups is 1. The van der Waals surface area contributed by atoms with E-state index < -0.39 is 28.5 Å². The van der Waals surface area contributed by atoms with Crippen molar-refractivity contribution in [2.75, 3.05) is 11.9 Å². The molecule has 0 radical (unpaired) electrons. The highest BCUT2D eigenvalue weighted by molar-refractivity contribution is 8.18. The highest BCUT2D eigenvalue weighted by Crippen LogP contribution is 2.32. The van der Waals surface area contributed by atoms with E-state index in [2.05, 4.69) is 5.32 Å². The highest BCUT2D eigenvalue weighted by atomic mass is 32.2. The molecule has 34 heavy (non-hydrogen) atoms. The molecule has 1 aliphatic rings. The maximum absolute atomic E-state index is 12.8. The molecule has 0 spiro atoms. The van der Waals surface area contributed by atoms with Gasteiger partial charge in [0.05, 0.1) is 16.4 Å². The Hall–Kier alpha value is -4.18. The highest BCUT2D eigenvalue weighted by Gasteiger charge is 2.36. The summed E-state index contributed by atoms with van der Waals surface area (Å²) in [6, 6.07) is 17.1. The first-order chi connectivity index (χ1) is 16.3. The predicted molar refractivity (Wildman–Crippen MR) is 129 cm³/mol. The molecular formula is C24H20N4O5S. The number of nitrogens with one attached hydrogen (secondary N) is 1. The lowest BCUT2D eigenvalue weighted by atomic mass is 10.2. The van der Waals surface area contributed by atoms with Gasteiger partial charge in [0.15, 0.2) is 0 Å². The fourth-order valence-electron chi connectivity index (χ4n) is 3.46. The fourth-order valence-corrected chi connectivity index (χ4v) is 4.28. The second-order valence-corrected chi connectivity index (χ2v) is 8.62. The third-order valence-corrected chi connectivity index (χ3v) is 6.09. The lowest BCUT2D eigenvalue weighted by Crippen LogP contribution is -2.36. The molecule has 9 nitrogen and oxygen atoms in total. The number of para-hydroxylation sites is 1. The van der Waals surface area contributed by atoms with Crippen molar-refractivity contribution < 1.29 is 19.3 Å². The Morgan fingerprint density at radius 1 is 1.09 bits per heavy atom.